The lowest BCUT2D eigenvalue weighted by Gasteiger charge is -2.14. The lowest BCUT2D eigenvalue weighted by Crippen LogP contribution is -2.17. The van der Waals surface area contributed by atoms with E-state index in [0.717, 1.165) is 33.8 Å². The summed E-state index contributed by atoms with van der Waals surface area (Å²) in [6, 6.07) is 11.1. The molecule has 0 fully saturated rings. The van der Waals surface area contributed by atoms with E-state index in [1.807, 2.05) is 58.0 Å². The Morgan fingerprint density at radius 3 is 2.02 bits per heavy atom. The summed E-state index contributed by atoms with van der Waals surface area (Å²) in [4.78, 5) is 27.8. The second kappa shape index (κ2) is 13.7. The Morgan fingerprint density at radius 2 is 1.40 bits per heavy atom. The van der Waals surface area contributed by atoms with Gasteiger partial charge in [0.1, 0.15) is 29.4 Å². The summed E-state index contributed by atoms with van der Waals surface area (Å²) in [5.41, 5.74) is 8.10. The molecule has 0 bridgehead atoms. The first-order valence-electron chi connectivity index (χ1n) is 15.1. The second-order valence-corrected chi connectivity index (χ2v) is 14.0. The van der Waals surface area contributed by atoms with Crippen LogP contribution < -0.4 is 19.0 Å². The Hall–Kier alpha value is -4.82. The number of aryl methyl sites for hydroxylation is 2. The number of para-hydroxylation sites is 2. The van der Waals surface area contributed by atoms with Gasteiger partial charge in [0.2, 0.25) is 5.16 Å². The number of hydrogen-bond acceptors (Lipinski definition) is 10. The van der Waals surface area contributed by atoms with E-state index < -0.39 is 21.6 Å². The van der Waals surface area contributed by atoms with Gasteiger partial charge in [-0.05, 0) is 45.9 Å². The molecule has 0 amide bonds. The van der Waals surface area contributed by atoms with Crippen LogP contribution in [0.1, 0.15) is 39.2 Å². The largest absolute Gasteiger partial charge is 0.496 e. The number of hydrogen-bond donors (Lipinski definition) is 1. The molecule has 2 unspecified atom stereocenters. The van der Waals surface area contributed by atoms with Crippen LogP contribution in [0.3, 0.4) is 0 Å². The molecule has 250 valence electrons. The third-order valence-electron chi connectivity index (χ3n) is 8.16. The topological polar surface area (TPSA) is 143 Å². The van der Waals surface area contributed by atoms with Crippen LogP contribution in [0, 0.1) is 27.7 Å². The molecule has 0 saturated carbocycles. The average molecular weight is 689 g/mol. The van der Waals surface area contributed by atoms with Crippen LogP contribution in [0.4, 0.5) is 0 Å². The van der Waals surface area contributed by atoms with E-state index in [1.165, 1.54) is 4.73 Å². The zero-order valence-electron chi connectivity index (χ0n) is 27.7. The number of aromatic nitrogens is 6. The molecular formula is C34H36N6O6S2. The van der Waals surface area contributed by atoms with Gasteiger partial charge in [-0.3, -0.25) is 18.4 Å². The standard InChI is InChI=1S/C34H36N6O6S2/c1-19-14-35-27(21(3)31(19)44-6)17-47(41)33-37-25-12-23(30(43-5)13-26(25)38-33)16-46-40-29-11-9-8-10-24(29)39-34(40)48(42)18-28-22(4)32(45-7)20(2)15-36-28/h8-15H,16-18H2,1-7H3,(H,37,38). The maximum atomic E-state index is 13.8. The third-order valence-corrected chi connectivity index (χ3v) is 10.5. The zero-order chi connectivity index (χ0) is 34.1. The van der Waals surface area contributed by atoms with Crippen molar-refractivity contribution in [1.82, 2.24) is 29.7 Å². The highest BCUT2D eigenvalue weighted by Gasteiger charge is 2.22. The molecule has 2 aromatic carbocycles. The van der Waals surface area contributed by atoms with Gasteiger partial charge >= 0.3 is 0 Å². The monoisotopic (exact) mass is 688 g/mol. The van der Waals surface area contributed by atoms with E-state index in [9.17, 15) is 8.42 Å². The van der Waals surface area contributed by atoms with Gasteiger partial charge in [0.15, 0.2) is 5.16 Å². The van der Waals surface area contributed by atoms with E-state index in [-0.39, 0.29) is 23.3 Å². The van der Waals surface area contributed by atoms with Crippen molar-refractivity contribution in [3.63, 3.8) is 0 Å². The highest BCUT2D eigenvalue weighted by molar-refractivity contribution is 7.84. The molecule has 0 aliphatic carbocycles. The van der Waals surface area contributed by atoms with Gasteiger partial charge in [0.25, 0.3) is 0 Å². The molecule has 6 aromatic rings. The van der Waals surface area contributed by atoms with Gasteiger partial charge in [-0.1, -0.05) is 12.1 Å². The number of benzene rings is 2. The number of rotatable bonds is 12. The van der Waals surface area contributed by atoms with Crippen molar-refractivity contribution in [2.45, 2.75) is 56.1 Å². The normalized spacial score (nSPS) is 12.7. The molecule has 0 spiro atoms. The first-order valence-corrected chi connectivity index (χ1v) is 17.7. The van der Waals surface area contributed by atoms with Crippen LogP contribution in [0.5, 0.6) is 17.2 Å². The first-order chi connectivity index (χ1) is 23.1. The third kappa shape index (κ3) is 6.24. The molecule has 4 heterocycles. The van der Waals surface area contributed by atoms with E-state index in [0.29, 0.717) is 49.9 Å². The first kappa shape index (κ1) is 33.1. The van der Waals surface area contributed by atoms with Gasteiger partial charge in [-0.2, -0.15) is 4.73 Å². The Morgan fingerprint density at radius 1 is 0.771 bits per heavy atom. The second-order valence-electron chi connectivity index (χ2n) is 11.2. The SMILES string of the molecule is COc1cc2nc(S(=O)Cc3ncc(C)c(OC)c3C)[nH]c2cc1COn1c(S(=O)Cc2ncc(C)c(OC)c2C)nc2ccccc21. The van der Waals surface area contributed by atoms with Gasteiger partial charge in [0.05, 0.1) is 82.4 Å². The van der Waals surface area contributed by atoms with Crippen molar-refractivity contribution in [2.24, 2.45) is 0 Å². The molecule has 48 heavy (non-hydrogen) atoms. The highest BCUT2D eigenvalue weighted by atomic mass is 32.2. The van der Waals surface area contributed by atoms with Crippen molar-refractivity contribution in [2.75, 3.05) is 21.3 Å². The van der Waals surface area contributed by atoms with Crippen molar-refractivity contribution >= 4 is 43.7 Å². The van der Waals surface area contributed by atoms with Crippen LogP contribution in [-0.2, 0) is 39.7 Å². The number of aromatic amines is 1. The maximum Gasteiger partial charge on any atom is 0.234 e. The highest BCUT2D eigenvalue weighted by Crippen LogP contribution is 2.30. The molecule has 0 aliphatic heterocycles. The van der Waals surface area contributed by atoms with E-state index in [2.05, 4.69) is 24.9 Å². The fourth-order valence-corrected chi connectivity index (χ4v) is 7.97. The number of methoxy groups -OCH3 is 3. The fraction of sp³-hybridized carbons (Fsp3) is 0.294. The molecule has 1 N–H and O–H groups in total. The predicted molar refractivity (Wildman–Crippen MR) is 183 cm³/mol. The Balaban J connectivity index is 1.27. The van der Waals surface area contributed by atoms with E-state index >= 15 is 0 Å². The Bertz CT molecular complexity index is 2210. The number of nitrogens with zero attached hydrogens (tertiary/aromatic N) is 5. The minimum atomic E-state index is -1.60. The summed E-state index contributed by atoms with van der Waals surface area (Å²) >= 11 is 0. The molecule has 0 saturated heterocycles. The van der Waals surface area contributed by atoms with Gasteiger partial charge in [-0.15, -0.1) is 0 Å². The van der Waals surface area contributed by atoms with Crippen LogP contribution in [0.15, 0.2) is 59.1 Å². The zero-order valence-corrected chi connectivity index (χ0v) is 29.4. The quantitative estimate of drug-likeness (QED) is 0.182. The number of imidazole rings is 2. The smallest absolute Gasteiger partial charge is 0.234 e. The molecular weight excluding hydrogens is 653 g/mol. The predicted octanol–water partition coefficient (Wildman–Crippen LogP) is 5.21. The van der Waals surface area contributed by atoms with E-state index in [4.69, 9.17) is 19.0 Å². The molecule has 0 radical (unpaired) electrons. The van der Waals surface area contributed by atoms with Crippen LogP contribution in [-0.4, -0.2) is 59.4 Å². The number of ether oxygens (including phenoxy) is 3. The average Bonchev–Trinajstić information content (AvgIpc) is 3.67. The molecule has 2 atom stereocenters. The number of fused-ring (bicyclic) bond motifs is 2. The molecule has 12 nitrogen and oxygen atoms in total. The minimum absolute atomic E-state index is 0.0585. The van der Waals surface area contributed by atoms with Gasteiger partial charge in [0, 0.05) is 46.3 Å². The number of nitrogens with one attached hydrogen (secondary N) is 1. The number of pyridine rings is 2. The molecule has 6 rings (SSSR count). The minimum Gasteiger partial charge on any atom is -0.496 e. The summed E-state index contributed by atoms with van der Waals surface area (Å²) in [7, 11) is 1.68. The summed E-state index contributed by atoms with van der Waals surface area (Å²) in [5.74, 6) is 2.29. The summed E-state index contributed by atoms with van der Waals surface area (Å²) in [6.07, 6.45) is 3.43. The van der Waals surface area contributed by atoms with Crippen LogP contribution >= 0.6 is 0 Å². The van der Waals surface area contributed by atoms with Crippen LogP contribution in [0.25, 0.3) is 22.1 Å². The van der Waals surface area contributed by atoms with Crippen molar-refractivity contribution in [3.8, 4) is 17.2 Å². The molecule has 0 aliphatic rings. The summed E-state index contributed by atoms with van der Waals surface area (Å²) < 4.78 is 45.5. The van der Waals surface area contributed by atoms with Crippen molar-refractivity contribution in [1.29, 1.82) is 0 Å². The summed E-state index contributed by atoms with van der Waals surface area (Å²) in [6.45, 7) is 7.71. The summed E-state index contributed by atoms with van der Waals surface area (Å²) in [5, 5.41) is 0.577. The molecule has 14 heteroatoms. The Kier molecular flexibility index (Phi) is 9.47. The van der Waals surface area contributed by atoms with Crippen molar-refractivity contribution in [3.05, 3.63) is 88.0 Å². The lowest BCUT2D eigenvalue weighted by molar-refractivity contribution is 0.0855. The molecule has 4 aromatic heterocycles. The number of H-pyrrole nitrogens is 1. The van der Waals surface area contributed by atoms with Gasteiger partial charge in [-0.25, -0.2) is 9.97 Å². The fourth-order valence-electron chi connectivity index (χ4n) is 5.67. The maximum absolute atomic E-state index is 13.8. The van der Waals surface area contributed by atoms with E-state index in [1.54, 1.807) is 39.8 Å². The Labute approximate surface area is 282 Å². The van der Waals surface area contributed by atoms with Crippen molar-refractivity contribution < 1.29 is 27.5 Å². The van der Waals surface area contributed by atoms with Crippen LogP contribution in [0.2, 0.25) is 0 Å². The lowest BCUT2D eigenvalue weighted by atomic mass is 10.1. The van der Waals surface area contributed by atoms with Gasteiger partial charge < -0.3 is 24.0 Å².